The molecule has 3 nitrogen and oxygen atoms in total. The molecule has 1 unspecified atom stereocenters. The van der Waals surface area contributed by atoms with Crippen molar-refractivity contribution in [2.75, 3.05) is 6.61 Å². The lowest BCUT2D eigenvalue weighted by Gasteiger charge is -2.44. The van der Waals surface area contributed by atoms with Gasteiger partial charge in [0.15, 0.2) is 6.23 Å². The Labute approximate surface area is 227 Å². The topological polar surface area (TPSA) is 38.3 Å². The number of alkyl halides is 23. The van der Waals surface area contributed by atoms with Crippen LogP contribution in [-0.4, -0.2) is 82.3 Å². The first kappa shape index (κ1) is 39.9. The highest BCUT2D eigenvalue weighted by atomic mass is 35.6. The smallest absolute Gasteiger partial charge is 0.347 e. The molecule has 0 radical (unpaired) electrons. The number of halogens is 23. The number of rotatable bonds is 13. The molecule has 0 bridgehead atoms. The predicted octanol–water partition coefficient (Wildman–Crippen LogP) is 7.82. The zero-order valence-electron chi connectivity index (χ0n) is 18.4. The Morgan fingerprint density at radius 1 is 0.610 bits per heavy atom. The van der Waals surface area contributed by atoms with Crippen LogP contribution in [0.5, 0.6) is 0 Å². The van der Waals surface area contributed by atoms with Crippen LogP contribution < -0.4 is 5.32 Å². The summed E-state index contributed by atoms with van der Waals surface area (Å²) in [7, 11) is 0. The first-order chi connectivity index (χ1) is 17.5. The number of hydrogen-bond donors (Lipinski definition) is 1. The Kier molecular flexibility index (Phi) is 10.8. The maximum atomic E-state index is 13.9. The van der Waals surface area contributed by atoms with Gasteiger partial charge in [0.1, 0.15) is 6.61 Å². The molecular formula is C15H8Cl3F20NO2. The summed E-state index contributed by atoms with van der Waals surface area (Å²) in [5.74, 6) is -77.8. The van der Waals surface area contributed by atoms with Gasteiger partial charge in [-0.25, -0.2) is 8.78 Å². The predicted molar refractivity (Wildman–Crippen MR) is 94.4 cm³/mol. The number of carbonyl (C=O) groups is 1. The monoisotopic (exact) mass is 719 g/mol. The number of nitrogens with one attached hydrogen (secondary N) is 1. The summed E-state index contributed by atoms with van der Waals surface area (Å²) >= 11 is 15.2. The standard InChI is InChI=1S/C15H8Cl3F20NO2/c1-3(40)39-5(8(16,17)18)41-2-6(21,22)9(25,26)11(29,30)13(33,34)15(37,38)14(35,36)12(31,32)10(27,28)7(23,24)4(19)20/h4-5H,2H2,1H3,(H,39,40). The van der Waals surface area contributed by atoms with Crippen LogP contribution in [0.15, 0.2) is 0 Å². The summed E-state index contributed by atoms with van der Waals surface area (Å²) < 4.78 is 268. The molecule has 0 aromatic heterocycles. The molecule has 0 aromatic carbocycles. The van der Waals surface area contributed by atoms with Gasteiger partial charge in [-0.1, -0.05) is 34.8 Å². The second-order valence-corrected chi connectivity index (χ2v) is 9.95. The molecule has 246 valence electrons. The van der Waals surface area contributed by atoms with Crippen LogP contribution in [0.1, 0.15) is 6.92 Å². The Balaban J connectivity index is 6.82. The molecule has 0 aromatic rings. The lowest BCUT2D eigenvalue weighted by molar-refractivity contribution is -0.466. The van der Waals surface area contributed by atoms with Gasteiger partial charge in [-0.2, -0.15) is 79.0 Å². The van der Waals surface area contributed by atoms with Gasteiger partial charge in [0, 0.05) is 6.92 Å². The molecular weight excluding hydrogens is 712 g/mol. The second-order valence-electron chi connectivity index (χ2n) is 7.58. The summed E-state index contributed by atoms with van der Waals surface area (Å²) in [6, 6.07) is 0. The van der Waals surface area contributed by atoms with Crippen LogP contribution in [0.2, 0.25) is 0 Å². The van der Waals surface area contributed by atoms with E-state index in [-0.39, 0.29) is 0 Å². The van der Waals surface area contributed by atoms with Crippen molar-refractivity contribution in [3.05, 3.63) is 0 Å². The minimum atomic E-state index is -9.13. The van der Waals surface area contributed by atoms with Crippen LogP contribution in [0.4, 0.5) is 87.8 Å². The molecule has 0 heterocycles. The Morgan fingerprint density at radius 2 is 0.902 bits per heavy atom. The summed E-state index contributed by atoms with van der Waals surface area (Å²) in [6.45, 7) is -2.99. The van der Waals surface area contributed by atoms with E-state index in [2.05, 4.69) is 4.74 Å². The van der Waals surface area contributed by atoms with E-state index in [1.54, 1.807) is 0 Å². The molecule has 1 amide bonds. The minimum Gasteiger partial charge on any atom is -0.347 e. The molecule has 41 heavy (non-hydrogen) atoms. The second kappa shape index (κ2) is 11.1. The summed E-state index contributed by atoms with van der Waals surface area (Å²) in [6.07, 6.45) is -9.02. The molecule has 0 fully saturated rings. The highest BCUT2D eigenvalue weighted by molar-refractivity contribution is 6.68. The Bertz CT molecular complexity index is 951. The van der Waals surface area contributed by atoms with Crippen molar-refractivity contribution >= 4 is 40.7 Å². The lowest BCUT2D eigenvalue weighted by atomic mass is 9.86. The fourth-order valence-corrected chi connectivity index (χ4v) is 2.60. The number of hydrogen-bond acceptors (Lipinski definition) is 2. The third-order valence-electron chi connectivity index (χ3n) is 4.58. The Morgan fingerprint density at radius 3 is 1.17 bits per heavy atom. The zero-order chi connectivity index (χ0) is 33.9. The van der Waals surface area contributed by atoms with E-state index in [4.69, 9.17) is 34.8 Å². The number of amides is 1. The van der Waals surface area contributed by atoms with Crippen molar-refractivity contribution < 1.29 is 97.3 Å². The number of carbonyl (C=O) groups excluding carboxylic acids is 1. The van der Waals surface area contributed by atoms with Crippen molar-refractivity contribution in [1.82, 2.24) is 5.32 Å². The zero-order valence-corrected chi connectivity index (χ0v) is 20.6. The van der Waals surface area contributed by atoms with Gasteiger partial charge in [-0.05, 0) is 0 Å². The maximum Gasteiger partial charge on any atom is 0.385 e. The molecule has 26 heteroatoms. The third kappa shape index (κ3) is 6.14. The van der Waals surface area contributed by atoms with E-state index >= 15 is 0 Å². The average molecular weight is 721 g/mol. The quantitative estimate of drug-likeness (QED) is 0.120. The van der Waals surface area contributed by atoms with Crippen LogP contribution in [-0.2, 0) is 9.53 Å². The van der Waals surface area contributed by atoms with Crippen molar-refractivity contribution in [3.8, 4) is 0 Å². The Hall–Kier alpha value is -1.10. The molecule has 0 aliphatic heterocycles. The highest BCUT2D eigenvalue weighted by Crippen LogP contribution is 2.65. The summed E-state index contributed by atoms with van der Waals surface area (Å²) in [5.41, 5.74) is 0. The van der Waals surface area contributed by atoms with E-state index in [1.807, 2.05) is 0 Å². The number of ether oxygens (including phenoxy) is 1. The lowest BCUT2D eigenvalue weighted by Crippen LogP contribution is -2.76. The van der Waals surface area contributed by atoms with Crippen molar-refractivity contribution in [2.45, 2.75) is 76.7 Å². The van der Waals surface area contributed by atoms with E-state index in [1.165, 1.54) is 5.32 Å². The van der Waals surface area contributed by atoms with Gasteiger partial charge in [0.2, 0.25) is 9.70 Å². The largest absolute Gasteiger partial charge is 0.385 e. The van der Waals surface area contributed by atoms with Crippen LogP contribution in [0.3, 0.4) is 0 Å². The molecule has 0 rings (SSSR count). The van der Waals surface area contributed by atoms with E-state index < -0.39 is 82.3 Å². The first-order valence-electron chi connectivity index (χ1n) is 9.10. The maximum absolute atomic E-state index is 13.9. The van der Waals surface area contributed by atoms with Gasteiger partial charge in [-0.3, -0.25) is 4.79 Å². The summed E-state index contributed by atoms with van der Waals surface area (Å²) in [5, 5.41) is 1.25. The summed E-state index contributed by atoms with van der Waals surface area (Å²) in [4.78, 5) is 10.9. The minimum absolute atomic E-state index is 0.479. The normalized spacial score (nSPS) is 16.7. The molecule has 0 aliphatic carbocycles. The van der Waals surface area contributed by atoms with Crippen molar-refractivity contribution in [2.24, 2.45) is 0 Å². The van der Waals surface area contributed by atoms with Gasteiger partial charge >= 0.3 is 59.7 Å². The molecule has 1 N–H and O–H groups in total. The van der Waals surface area contributed by atoms with Gasteiger partial charge in [0.25, 0.3) is 0 Å². The fourth-order valence-electron chi connectivity index (χ4n) is 2.24. The van der Waals surface area contributed by atoms with E-state index in [0.717, 1.165) is 0 Å². The molecule has 0 saturated heterocycles. The third-order valence-corrected chi connectivity index (χ3v) is 5.18. The molecule has 1 atom stereocenters. The first-order valence-corrected chi connectivity index (χ1v) is 10.2. The van der Waals surface area contributed by atoms with Gasteiger partial charge < -0.3 is 10.1 Å². The van der Waals surface area contributed by atoms with Gasteiger partial charge in [-0.15, -0.1) is 0 Å². The van der Waals surface area contributed by atoms with E-state index in [0.29, 0.717) is 6.92 Å². The van der Waals surface area contributed by atoms with Crippen LogP contribution in [0, 0.1) is 0 Å². The fraction of sp³-hybridized carbons (Fsp3) is 0.933. The van der Waals surface area contributed by atoms with Crippen molar-refractivity contribution in [3.63, 3.8) is 0 Å². The van der Waals surface area contributed by atoms with Crippen LogP contribution in [0.25, 0.3) is 0 Å². The SMILES string of the molecule is CC(=O)NC(OCC(F)(F)C(F)(F)C(F)(F)C(F)(F)C(F)(F)C(F)(F)C(F)(F)C(F)(F)C(F)(F)C(F)F)C(Cl)(Cl)Cl. The molecule has 0 spiro atoms. The van der Waals surface area contributed by atoms with Gasteiger partial charge in [0.05, 0.1) is 0 Å². The highest BCUT2D eigenvalue weighted by Gasteiger charge is 2.96. The molecule has 0 aliphatic rings. The van der Waals surface area contributed by atoms with Crippen molar-refractivity contribution in [1.29, 1.82) is 0 Å². The van der Waals surface area contributed by atoms with Crippen LogP contribution >= 0.6 is 34.8 Å². The molecule has 0 saturated carbocycles. The average Bonchev–Trinajstić information content (AvgIpc) is 2.74. The van der Waals surface area contributed by atoms with E-state index in [9.17, 15) is 92.6 Å².